The van der Waals surface area contributed by atoms with Gasteiger partial charge < -0.3 is 9.80 Å². The molecule has 1 unspecified atom stereocenters. The molecule has 114 valence electrons. The van der Waals surface area contributed by atoms with Gasteiger partial charge in [-0.3, -0.25) is 5.32 Å². The molecule has 0 aromatic heterocycles. The summed E-state index contributed by atoms with van der Waals surface area (Å²) in [7, 11) is 4.32. The van der Waals surface area contributed by atoms with Crippen LogP contribution in [0, 0.1) is 17.2 Å². The van der Waals surface area contributed by atoms with Crippen molar-refractivity contribution in [2.75, 3.05) is 40.3 Å². The Bertz CT molecular complexity index is 337. The Kier molecular flexibility index (Phi) is 5.42. The molecule has 1 atom stereocenters. The molecule has 2 rings (SSSR count). The van der Waals surface area contributed by atoms with Crippen molar-refractivity contribution in [1.29, 1.82) is 5.26 Å². The fraction of sp³-hybridized carbons (Fsp3) is 0.938. The van der Waals surface area contributed by atoms with Gasteiger partial charge in [-0.25, -0.2) is 0 Å². The van der Waals surface area contributed by atoms with Gasteiger partial charge in [0.05, 0.1) is 6.07 Å². The molecule has 2 fully saturated rings. The monoisotopic (exact) mass is 278 g/mol. The molecule has 1 aliphatic heterocycles. The number of piperidine rings is 1. The molecule has 1 saturated heterocycles. The number of nitriles is 1. The maximum Gasteiger partial charge on any atom is 0.105 e. The van der Waals surface area contributed by atoms with E-state index >= 15 is 0 Å². The summed E-state index contributed by atoms with van der Waals surface area (Å²) in [5, 5.41) is 12.9. The van der Waals surface area contributed by atoms with Gasteiger partial charge in [0.15, 0.2) is 0 Å². The minimum atomic E-state index is -0.332. The molecule has 4 nitrogen and oxygen atoms in total. The number of nitrogens with one attached hydrogen (secondary N) is 1. The number of hydrogen-bond donors (Lipinski definition) is 1. The van der Waals surface area contributed by atoms with Gasteiger partial charge in [0.1, 0.15) is 5.54 Å². The van der Waals surface area contributed by atoms with E-state index in [0.29, 0.717) is 6.04 Å². The first-order valence-corrected chi connectivity index (χ1v) is 8.07. The first-order chi connectivity index (χ1) is 9.50. The van der Waals surface area contributed by atoms with E-state index in [0.717, 1.165) is 18.9 Å². The SMILES string of the molecule is CN(C)CC1CCN(CCC(C)(C#N)NC2CC2)CC1. The molecule has 1 aliphatic carbocycles. The number of hydrogen-bond acceptors (Lipinski definition) is 4. The number of nitrogens with zero attached hydrogens (tertiary/aromatic N) is 3. The Morgan fingerprint density at radius 2 is 1.90 bits per heavy atom. The topological polar surface area (TPSA) is 42.3 Å². The van der Waals surface area contributed by atoms with Gasteiger partial charge in [0.2, 0.25) is 0 Å². The molecule has 1 saturated carbocycles. The molecule has 2 aliphatic rings. The van der Waals surface area contributed by atoms with Crippen LogP contribution in [0.2, 0.25) is 0 Å². The molecular weight excluding hydrogens is 248 g/mol. The highest BCUT2D eigenvalue weighted by atomic mass is 15.1. The molecule has 4 heteroatoms. The van der Waals surface area contributed by atoms with E-state index in [-0.39, 0.29) is 5.54 Å². The van der Waals surface area contributed by atoms with Crippen molar-refractivity contribution in [1.82, 2.24) is 15.1 Å². The van der Waals surface area contributed by atoms with E-state index < -0.39 is 0 Å². The predicted molar refractivity (Wildman–Crippen MR) is 82.5 cm³/mol. The van der Waals surface area contributed by atoms with Crippen molar-refractivity contribution in [3.05, 3.63) is 0 Å². The first kappa shape index (κ1) is 15.8. The van der Waals surface area contributed by atoms with Gasteiger partial charge in [-0.2, -0.15) is 5.26 Å². The molecule has 0 aromatic rings. The van der Waals surface area contributed by atoms with Crippen LogP contribution in [0.1, 0.15) is 39.0 Å². The lowest BCUT2D eigenvalue weighted by molar-refractivity contribution is 0.153. The van der Waals surface area contributed by atoms with Crippen molar-refractivity contribution in [2.24, 2.45) is 5.92 Å². The van der Waals surface area contributed by atoms with E-state index in [1.165, 1.54) is 45.3 Å². The summed E-state index contributed by atoms with van der Waals surface area (Å²) in [5.74, 6) is 0.855. The van der Waals surface area contributed by atoms with Crippen LogP contribution in [0.25, 0.3) is 0 Å². The molecule has 20 heavy (non-hydrogen) atoms. The minimum Gasteiger partial charge on any atom is -0.309 e. The molecule has 0 aromatic carbocycles. The fourth-order valence-corrected chi connectivity index (χ4v) is 3.13. The molecule has 0 spiro atoms. The van der Waals surface area contributed by atoms with Crippen molar-refractivity contribution >= 4 is 0 Å². The normalized spacial score (nSPS) is 24.6. The van der Waals surface area contributed by atoms with Gasteiger partial charge in [-0.1, -0.05) is 0 Å². The van der Waals surface area contributed by atoms with Crippen LogP contribution in [-0.4, -0.2) is 61.7 Å². The van der Waals surface area contributed by atoms with Gasteiger partial charge in [0, 0.05) is 19.1 Å². The van der Waals surface area contributed by atoms with Gasteiger partial charge >= 0.3 is 0 Å². The minimum absolute atomic E-state index is 0.332. The van der Waals surface area contributed by atoms with Crippen molar-refractivity contribution in [3.8, 4) is 6.07 Å². The van der Waals surface area contributed by atoms with Crippen LogP contribution in [0.5, 0.6) is 0 Å². The lowest BCUT2D eigenvalue weighted by atomic mass is 9.94. The van der Waals surface area contributed by atoms with Crippen LogP contribution >= 0.6 is 0 Å². The average Bonchev–Trinajstić information content (AvgIpc) is 3.21. The summed E-state index contributed by atoms with van der Waals surface area (Å²) >= 11 is 0. The molecular formula is C16H30N4. The second-order valence-electron chi connectivity index (χ2n) is 7.16. The predicted octanol–water partition coefficient (Wildman–Crippen LogP) is 1.68. The lowest BCUT2D eigenvalue weighted by Gasteiger charge is -2.35. The highest BCUT2D eigenvalue weighted by molar-refractivity contribution is 5.07. The van der Waals surface area contributed by atoms with Crippen LogP contribution in [-0.2, 0) is 0 Å². The zero-order valence-electron chi connectivity index (χ0n) is 13.4. The summed E-state index contributed by atoms with van der Waals surface area (Å²) in [4.78, 5) is 4.84. The molecule has 0 bridgehead atoms. The molecule has 0 radical (unpaired) electrons. The van der Waals surface area contributed by atoms with Crippen molar-refractivity contribution in [2.45, 2.75) is 50.6 Å². The Morgan fingerprint density at radius 3 is 2.40 bits per heavy atom. The zero-order chi connectivity index (χ0) is 14.6. The van der Waals surface area contributed by atoms with Crippen LogP contribution in [0.3, 0.4) is 0 Å². The molecule has 1 heterocycles. The zero-order valence-corrected chi connectivity index (χ0v) is 13.4. The molecule has 0 amide bonds. The Morgan fingerprint density at radius 1 is 1.25 bits per heavy atom. The smallest absolute Gasteiger partial charge is 0.105 e. The highest BCUT2D eigenvalue weighted by Gasteiger charge is 2.33. The van der Waals surface area contributed by atoms with E-state index in [4.69, 9.17) is 0 Å². The quantitative estimate of drug-likeness (QED) is 0.769. The van der Waals surface area contributed by atoms with Crippen molar-refractivity contribution < 1.29 is 0 Å². The van der Waals surface area contributed by atoms with Gasteiger partial charge in [-0.15, -0.1) is 0 Å². The number of likely N-dealkylation sites (tertiary alicyclic amines) is 1. The standard InChI is InChI=1S/C16H30N4/c1-16(13-17,18-15-4-5-15)8-11-20-9-6-14(7-10-20)12-19(2)3/h14-15,18H,4-12H2,1-3H3. The summed E-state index contributed by atoms with van der Waals surface area (Å²) in [5.41, 5.74) is -0.332. The second kappa shape index (κ2) is 6.89. The second-order valence-corrected chi connectivity index (χ2v) is 7.16. The average molecular weight is 278 g/mol. The van der Waals surface area contributed by atoms with E-state index in [1.54, 1.807) is 0 Å². The van der Waals surface area contributed by atoms with Crippen LogP contribution < -0.4 is 5.32 Å². The summed E-state index contributed by atoms with van der Waals surface area (Å²) in [6, 6.07) is 3.08. The Balaban J connectivity index is 1.68. The molecule has 1 N–H and O–H groups in total. The van der Waals surface area contributed by atoms with Gasteiger partial charge in [0.25, 0.3) is 0 Å². The Hall–Kier alpha value is -0.630. The Labute approximate surface area is 124 Å². The van der Waals surface area contributed by atoms with Gasteiger partial charge in [-0.05, 0) is 72.1 Å². The largest absolute Gasteiger partial charge is 0.309 e. The fourth-order valence-electron chi connectivity index (χ4n) is 3.13. The highest BCUT2D eigenvalue weighted by Crippen LogP contribution is 2.24. The van der Waals surface area contributed by atoms with Crippen molar-refractivity contribution in [3.63, 3.8) is 0 Å². The van der Waals surface area contributed by atoms with E-state index in [9.17, 15) is 5.26 Å². The lowest BCUT2D eigenvalue weighted by Crippen LogP contribution is -2.46. The summed E-state index contributed by atoms with van der Waals surface area (Å²) in [6.45, 7) is 6.72. The maximum atomic E-state index is 9.40. The van der Waals surface area contributed by atoms with Crippen LogP contribution in [0.4, 0.5) is 0 Å². The third-order valence-electron chi connectivity index (χ3n) is 4.61. The van der Waals surface area contributed by atoms with E-state index in [2.05, 4.69) is 42.2 Å². The third kappa shape index (κ3) is 5.05. The number of rotatable bonds is 7. The summed E-state index contributed by atoms with van der Waals surface area (Å²) in [6.07, 6.45) is 6.04. The maximum absolute atomic E-state index is 9.40. The third-order valence-corrected chi connectivity index (χ3v) is 4.61. The van der Waals surface area contributed by atoms with Crippen LogP contribution in [0.15, 0.2) is 0 Å². The first-order valence-electron chi connectivity index (χ1n) is 8.07. The summed E-state index contributed by atoms with van der Waals surface area (Å²) < 4.78 is 0. The van der Waals surface area contributed by atoms with E-state index in [1.807, 2.05) is 0 Å².